The summed E-state index contributed by atoms with van der Waals surface area (Å²) in [4.78, 5) is 28.4. The second-order valence-electron chi connectivity index (χ2n) is 7.45. The van der Waals surface area contributed by atoms with Crippen LogP contribution in [0.5, 0.6) is 5.75 Å². The molecular weight excluding hydrogens is 414 g/mol. The van der Waals surface area contributed by atoms with Gasteiger partial charge in [0, 0.05) is 11.3 Å². The predicted molar refractivity (Wildman–Crippen MR) is 120 cm³/mol. The van der Waals surface area contributed by atoms with Crippen LogP contribution in [-0.2, 0) is 27.4 Å². The van der Waals surface area contributed by atoms with E-state index < -0.39 is 0 Å². The maximum absolute atomic E-state index is 11.7. The van der Waals surface area contributed by atoms with Crippen LogP contribution in [0.15, 0.2) is 40.8 Å². The Morgan fingerprint density at radius 1 is 1.13 bits per heavy atom. The van der Waals surface area contributed by atoms with E-state index in [1.54, 1.807) is 11.3 Å². The first-order valence-electron chi connectivity index (χ1n) is 10.6. The van der Waals surface area contributed by atoms with Gasteiger partial charge in [0.2, 0.25) is 5.89 Å². The first-order chi connectivity index (χ1) is 14.9. The van der Waals surface area contributed by atoms with E-state index in [1.807, 2.05) is 51.1 Å². The number of nitrogens with zero attached hydrogens (tertiary/aromatic N) is 1. The van der Waals surface area contributed by atoms with Crippen LogP contribution in [0.3, 0.4) is 0 Å². The molecule has 1 atom stereocenters. The maximum Gasteiger partial charge on any atom is 0.342 e. The van der Waals surface area contributed by atoms with Crippen molar-refractivity contribution in [1.29, 1.82) is 0 Å². The molecule has 0 aliphatic heterocycles. The summed E-state index contributed by atoms with van der Waals surface area (Å²) in [5.74, 6) is 1.91. The summed E-state index contributed by atoms with van der Waals surface area (Å²) in [6.07, 6.45) is 2.23. The lowest BCUT2D eigenvalue weighted by Gasteiger charge is -2.09. The number of aryl methyl sites for hydroxylation is 3. The fourth-order valence-electron chi connectivity index (χ4n) is 2.82. The van der Waals surface area contributed by atoms with Crippen molar-refractivity contribution in [2.45, 2.75) is 59.5 Å². The fourth-order valence-corrected chi connectivity index (χ4v) is 3.62. The van der Waals surface area contributed by atoms with Crippen LogP contribution >= 0.6 is 11.3 Å². The number of aromatic nitrogens is 1. The summed E-state index contributed by atoms with van der Waals surface area (Å²) in [6, 6.07) is 11.8. The lowest BCUT2D eigenvalue weighted by Crippen LogP contribution is -2.13. The van der Waals surface area contributed by atoms with Gasteiger partial charge in [0.15, 0.2) is 0 Å². The summed E-state index contributed by atoms with van der Waals surface area (Å²) in [7, 11) is 0. The third kappa shape index (κ3) is 6.94. The molecule has 7 heteroatoms. The van der Waals surface area contributed by atoms with E-state index in [-0.39, 0.29) is 18.5 Å². The van der Waals surface area contributed by atoms with Gasteiger partial charge in [-0.3, -0.25) is 4.89 Å². The van der Waals surface area contributed by atoms with Crippen molar-refractivity contribution in [3.05, 3.63) is 58.3 Å². The lowest BCUT2D eigenvalue weighted by molar-refractivity contribution is -0.294. The molecule has 0 amide bonds. The first kappa shape index (κ1) is 23.0. The minimum atomic E-state index is -0.360. The quantitative estimate of drug-likeness (QED) is 0.274. The Balaban J connectivity index is 1.42. The summed E-state index contributed by atoms with van der Waals surface area (Å²) in [5, 5.41) is 0. The number of oxazole rings is 1. The molecule has 1 unspecified atom stereocenters. The SMILES string of the molecule is CCC(C)OOC(=O)CCc1ccc(OCCc2nc(-c3ccc(C)s3)oc2C)cc1. The molecule has 0 saturated heterocycles. The predicted octanol–water partition coefficient (Wildman–Crippen LogP) is 5.85. The third-order valence-corrected chi connectivity index (χ3v) is 5.86. The number of hydrogen-bond acceptors (Lipinski definition) is 7. The number of carbonyl (C=O) groups excluding carboxylic acids is 1. The van der Waals surface area contributed by atoms with Crippen LogP contribution in [0.2, 0.25) is 0 Å². The van der Waals surface area contributed by atoms with Gasteiger partial charge < -0.3 is 9.15 Å². The Bertz CT molecular complexity index is 976. The van der Waals surface area contributed by atoms with Gasteiger partial charge in [0.05, 0.1) is 23.6 Å². The molecule has 0 bridgehead atoms. The van der Waals surface area contributed by atoms with E-state index in [9.17, 15) is 4.79 Å². The summed E-state index contributed by atoms with van der Waals surface area (Å²) in [6.45, 7) is 8.34. The van der Waals surface area contributed by atoms with Gasteiger partial charge >= 0.3 is 5.97 Å². The number of benzene rings is 1. The molecule has 3 aromatic rings. The van der Waals surface area contributed by atoms with Crippen molar-refractivity contribution >= 4 is 17.3 Å². The third-order valence-electron chi connectivity index (χ3n) is 4.87. The highest BCUT2D eigenvalue weighted by Gasteiger charge is 2.13. The molecule has 31 heavy (non-hydrogen) atoms. The van der Waals surface area contributed by atoms with Gasteiger partial charge in [-0.1, -0.05) is 19.1 Å². The van der Waals surface area contributed by atoms with Crippen molar-refractivity contribution in [3.8, 4) is 16.5 Å². The van der Waals surface area contributed by atoms with Crippen LogP contribution < -0.4 is 4.74 Å². The van der Waals surface area contributed by atoms with Gasteiger partial charge in [-0.15, -0.1) is 11.3 Å². The zero-order chi connectivity index (χ0) is 22.2. The van der Waals surface area contributed by atoms with E-state index in [4.69, 9.17) is 18.9 Å². The van der Waals surface area contributed by atoms with Crippen molar-refractivity contribution in [3.63, 3.8) is 0 Å². The second-order valence-corrected chi connectivity index (χ2v) is 8.73. The molecular formula is C24H29NO5S. The zero-order valence-corrected chi connectivity index (χ0v) is 19.3. The molecule has 0 N–H and O–H groups in total. The lowest BCUT2D eigenvalue weighted by atomic mass is 10.1. The minimum Gasteiger partial charge on any atom is -0.493 e. The number of thiophene rings is 1. The highest BCUT2D eigenvalue weighted by Crippen LogP contribution is 2.28. The van der Waals surface area contributed by atoms with Crippen LogP contribution in [0.25, 0.3) is 10.8 Å². The number of carbonyl (C=O) groups is 1. The number of rotatable bonds is 11. The fraction of sp³-hybridized carbons (Fsp3) is 0.417. The Labute approximate surface area is 187 Å². The van der Waals surface area contributed by atoms with Gasteiger partial charge in [-0.2, -0.15) is 4.89 Å². The standard InChI is InChI=1S/C24H29NO5S/c1-5-16(2)29-30-23(26)13-9-19-7-10-20(11-8-19)27-15-14-21-18(4)28-24(25-21)22-12-6-17(3)31-22/h6-8,10-12,16H,5,9,13-15H2,1-4H3. The Kier molecular flexibility index (Phi) is 8.26. The summed E-state index contributed by atoms with van der Waals surface area (Å²) < 4.78 is 11.7. The molecule has 0 saturated carbocycles. The van der Waals surface area contributed by atoms with Crippen LogP contribution in [0.1, 0.15) is 48.6 Å². The highest BCUT2D eigenvalue weighted by atomic mass is 32.1. The van der Waals surface area contributed by atoms with Crippen molar-refractivity contribution in [1.82, 2.24) is 4.98 Å². The van der Waals surface area contributed by atoms with Crippen molar-refractivity contribution in [2.24, 2.45) is 0 Å². The Morgan fingerprint density at radius 2 is 1.90 bits per heavy atom. The Morgan fingerprint density at radius 3 is 2.58 bits per heavy atom. The molecule has 166 valence electrons. The Hall–Kier alpha value is -2.64. The van der Waals surface area contributed by atoms with Crippen LogP contribution in [0.4, 0.5) is 0 Å². The van der Waals surface area contributed by atoms with E-state index in [2.05, 4.69) is 18.0 Å². The molecule has 1 aromatic carbocycles. The molecule has 0 aliphatic rings. The van der Waals surface area contributed by atoms with Crippen molar-refractivity contribution < 1.29 is 23.7 Å². The molecule has 2 aromatic heterocycles. The second kappa shape index (κ2) is 11.1. The minimum absolute atomic E-state index is 0.0899. The molecule has 0 aliphatic carbocycles. The average molecular weight is 444 g/mol. The number of ether oxygens (including phenoxy) is 1. The van der Waals surface area contributed by atoms with Crippen LogP contribution in [-0.4, -0.2) is 23.7 Å². The van der Waals surface area contributed by atoms with E-state index in [0.717, 1.165) is 34.1 Å². The smallest absolute Gasteiger partial charge is 0.342 e. The number of hydrogen-bond donors (Lipinski definition) is 0. The average Bonchev–Trinajstić information content (AvgIpc) is 3.37. The monoisotopic (exact) mass is 443 g/mol. The molecule has 6 nitrogen and oxygen atoms in total. The van der Waals surface area contributed by atoms with Gasteiger partial charge in [0.1, 0.15) is 17.6 Å². The summed E-state index contributed by atoms with van der Waals surface area (Å²) in [5.41, 5.74) is 1.95. The summed E-state index contributed by atoms with van der Waals surface area (Å²) >= 11 is 1.67. The highest BCUT2D eigenvalue weighted by molar-refractivity contribution is 7.15. The normalized spacial score (nSPS) is 12.0. The molecule has 0 spiro atoms. The molecule has 0 fully saturated rings. The van der Waals surface area contributed by atoms with Crippen molar-refractivity contribution in [2.75, 3.05) is 6.61 Å². The first-order valence-corrected chi connectivity index (χ1v) is 11.4. The van der Waals surface area contributed by atoms with E-state index in [0.29, 0.717) is 25.3 Å². The van der Waals surface area contributed by atoms with Gasteiger partial charge in [-0.25, -0.2) is 9.78 Å². The largest absolute Gasteiger partial charge is 0.493 e. The van der Waals surface area contributed by atoms with Crippen LogP contribution in [0, 0.1) is 13.8 Å². The molecule has 2 heterocycles. The van der Waals surface area contributed by atoms with E-state index >= 15 is 0 Å². The maximum atomic E-state index is 11.7. The topological polar surface area (TPSA) is 70.8 Å². The zero-order valence-electron chi connectivity index (χ0n) is 18.5. The van der Waals surface area contributed by atoms with Gasteiger partial charge in [0.25, 0.3) is 0 Å². The van der Waals surface area contributed by atoms with Gasteiger partial charge in [-0.05, 0) is 63.4 Å². The molecule has 3 rings (SSSR count). The molecule has 0 radical (unpaired) electrons. The van der Waals surface area contributed by atoms with E-state index in [1.165, 1.54) is 4.88 Å².